The van der Waals surface area contributed by atoms with Crippen molar-refractivity contribution < 1.29 is 9.50 Å². The number of aliphatic hydroxyl groups is 1. The molecule has 0 radical (unpaired) electrons. The highest BCUT2D eigenvalue weighted by Gasteiger charge is 2.33. The maximum Gasteiger partial charge on any atom is 0.123 e. The van der Waals surface area contributed by atoms with Crippen LogP contribution in [0.2, 0.25) is 5.02 Å². The minimum atomic E-state index is -1.28. The molecule has 0 saturated heterocycles. The molecule has 0 aliphatic heterocycles. The maximum absolute atomic E-state index is 13.1. The van der Waals surface area contributed by atoms with E-state index in [0.717, 1.165) is 0 Å². The first-order chi connectivity index (χ1) is 6.91. The average molecular weight is 232 g/mol. The summed E-state index contributed by atoms with van der Waals surface area (Å²) in [5.41, 5.74) is 4.60. The largest absolute Gasteiger partial charge is 0.384 e. The topological polar surface area (TPSA) is 46.2 Å². The molecule has 15 heavy (non-hydrogen) atoms. The monoisotopic (exact) mass is 231 g/mol. The van der Waals surface area contributed by atoms with Gasteiger partial charge in [0.25, 0.3) is 0 Å². The van der Waals surface area contributed by atoms with Gasteiger partial charge in [-0.25, -0.2) is 4.39 Å². The van der Waals surface area contributed by atoms with Gasteiger partial charge in [0.2, 0.25) is 0 Å². The summed E-state index contributed by atoms with van der Waals surface area (Å²) in [5, 5.41) is 10.6. The van der Waals surface area contributed by atoms with E-state index in [0.29, 0.717) is 10.6 Å². The third-order valence-electron chi connectivity index (χ3n) is 2.66. The molecule has 0 aliphatic rings. The normalized spacial score (nSPS) is 15.4. The Labute approximate surface area is 93.9 Å². The molecule has 3 N–H and O–H groups in total. The second kappa shape index (κ2) is 4.47. The van der Waals surface area contributed by atoms with Crippen LogP contribution in [0.25, 0.3) is 0 Å². The molecule has 1 unspecified atom stereocenters. The van der Waals surface area contributed by atoms with Gasteiger partial charge in [-0.15, -0.1) is 0 Å². The standard InChI is InChI=1S/C11H15ClFNO/c1-7(2)11(15,6-14)9-5-8(13)3-4-10(9)12/h3-5,7,15H,6,14H2,1-2H3. The van der Waals surface area contributed by atoms with Gasteiger partial charge in [0.05, 0.1) is 0 Å². The van der Waals surface area contributed by atoms with Gasteiger partial charge in [0.15, 0.2) is 0 Å². The highest BCUT2D eigenvalue weighted by Crippen LogP contribution is 2.33. The third-order valence-corrected chi connectivity index (χ3v) is 2.99. The lowest BCUT2D eigenvalue weighted by atomic mass is 9.83. The van der Waals surface area contributed by atoms with Crippen molar-refractivity contribution in [3.63, 3.8) is 0 Å². The van der Waals surface area contributed by atoms with Crippen molar-refractivity contribution in [2.24, 2.45) is 11.7 Å². The lowest BCUT2D eigenvalue weighted by Gasteiger charge is -2.32. The molecule has 0 bridgehead atoms. The van der Waals surface area contributed by atoms with Crippen LogP contribution < -0.4 is 5.73 Å². The third kappa shape index (κ3) is 2.30. The minimum Gasteiger partial charge on any atom is -0.384 e. The van der Waals surface area contributed by atoms with Crippen LogP contribution in [0.3, 0.4) is 0 Å². The number of halogens is 2. The molecular formula is C11H15ClFNO. The Morgan fingerprint density at radius 2 is 2.13 bits per heavy atom. The average Bonchev–Trinajstić information content (AvgIpc) is 2.20. The Morgan fingerprint density at radius 3 is 2.60 bits per heavy atom. The first kappa shape index (κ1) is 12.4. The van der Waals surface area contributed by atoms with Crippen LogP contribution in [0.15, 0.2) is 18.2 Å². The van der Waals surface area contributed by atoms with E-state index in [1.807, 2.05) is 13.8 Å². The summed E-state index contributed by atoms with van der Waals surface area (Å²) in [7, 11) is 0. The fourth-order valence-corrected chi connectivity index (χ4v) is 1.77. The van der Waals surface area contributed by atoms with E-state index in [1.54, 1.807) is 0 Å². The summed E-state index contributed by atoms with van der Waals surface area (Å²) in [5.74, 6) is -0.566. The van der Waals surface area contributed by atoms with Crippen LogP contribution >= 0.6 is 11.6 Å². The summed E-state index contributed by atoms with van der Waals surface area (Å²) >= 11 is 5.92. The molecule has 84 valence electrons. The summed E-state index contributed by atoms with van der Waals surface area (Å²) in [6, 6.07) is 3.91. The molecular weight excluding hydrogens is 217 g/mol. The molecule has 4 heteroatoms. The molecule has 1 rings (SSSR count). The highest BCUT2D eigenvalue weighted by molar-refractivity contribution is 6.31. The second-order valence-electron chi connectivity index (χ2n) is 3.91. The van der Waals surface area contributed by atoms with Crippen LogP contribution in [0.1, 0.15) is 19.4 Å². The van der Waals surface area contributed by atoms with Crippen molar-refractivity contribution in [2.75, 3.05) is 6.54 Å². The predicted octanol–water partition coefficient (Wildman–Crippen LogP) is 2.28. The van der Waals surface area contributed by atoms with E-state index in [2.05, 4.69) is 0 Å². The minimum absolute atomic E-state index is 0.00778. The fraction of sp³-hybridized carbons (Fsp3) is 0.455. The molecule has 1 aromatic rings. The number of rotatable bonds is 3. The van der Waals surface area contributed by atoms with Gasteiger partial charge in [-0.3, -0.25) is 0 Å². The Balaban J connectivity index is 3.29. The van der Waals surface area contributed by atoms with Crippen molar-refractivity contribution >= 4 is 11.6 Å². The van der Waals surface area contributed by atoms with E-state index in [4.69, 9.17) is 17.3 Å². The van der Waals surface area contributed by atoms with E-state index in [9.17, 15) is 9.50 Å². The zero-order valence-corrected chi connectivity index (χ0v) is 9.55. The van der Waals surface area contributed by atoms with E-state index >= 15 is 0 Å². The van der Waals surface area contributed by atoms with Crippen molar-refractivity contribution in [1.82, 2.24) is 0 Å². The summed E-state index contributed by atoms with van der Waals surface area (Å²) < 4.78 is 13.1. The van der Waals surface area contributed by atoms with Crippen LogP contribution in [0.4, 0.5) is 4.39 Å². The van der Waals surface area contributed by atoms with Gasteiger partial charge in [0, 0.05) is 17.1 Å². The first-order valence-electron chi connectivity index (χ1n) is 4.79. The van der Waals surface area contributed by atoms with Crippen molar-refractivity contribution in [2.45, 2.75) is 19.4 Å². The quantitative estimate of drug-likeness (QED) is 0.839. The van der Waals surface area contributed by atoms with Crippen molar-refractivity contribution in [3.8, 4) is 0 Å². The molecule has 0 amide bonds. The smallest absolute Gasteiger partial charge is 0.123 e. The van der Waals surface area contributed by atoms with Crippen LogP contribution in [-0.4, -0.2) is 11.7 Å². The summed E-state index contributed by atoms with van der Waals surface area (Å²) in [4.78, 5) is 0. The van der Waals surface area contributed by atoms with Gasteiger partial charge in [-0.05, 0) is 24.1 Å². The molecule has 2 nitrogen and oxygen atoms in total. The second-order valence-corrected chi connectivity index (χ2v) is 4.31. The first-order valence-corrected chi connectivity index (χ1v) is 5.17. The van der Waals surface area contributed by atoms with Gasteiger partial charge in [0.1, 0.15) is 11.4 Å². The number of hydrogen-bond acceptors (Lipinski definition) is 2. The van der Waals surface area contributed by atoms with E-state index < -0.39 is 11.4 Å². The van der Waals surface area contributed by atoms with Gasteiger partial charge < -0.3 is 10.8 Å². The lowest BCUT2D eigenvalue weighted by Crippen LogP contribution is -2.40. The molecule has 0 aromatic heterocycles. The molecule has 1 atom stereocenters. The van der Waals surface area contributed by atoms with Crippen molar-refractivity contribution in [1.29, 1.82) is 0 Å². The van der Waals surface area contributed by atoms with E-state index in [1.165, 1.54) is 18.2 Å². The molecule has 1 aromatic carbocycles. The lowest BCUT2D eigenvalue weighted by molar-refractivity contribution is -0.00129. The van der Waals surface area contributed by atoms with Crippen LogP contribution in [0, 0.1) is 11.7 Å². The highest BCUT2D eigenvalue weighted by atomic mass is 35.5. The zero-order chi connectivity index (χ0) is 11.6. The van der Waals surface area contributed by atoms with Gasteiger partial charge >= 0.3 is 0 Å². The molecule has 0 saturated carbocycles. The molecule has 0 fully saturated rings. The van der Waals surface area contributed by atoms with Gasteiger partial charge in [-0.2, -0.15) is 0 Å². The zero-order valence-electron chi connectivity index (χ0n) is 8.80. The van der Waals surface area contributed by atoms with Crippen molar-refractivity contribution in [3.05, 3.63) is 34.6 Å². The SMILES string of the molecule is CC(C)C(O)(CN)c1cc(F)ccc1Cl. The summed E-state index contributed by atoms with van der Waals surface area (Å²) in [6.07, 6.45) is 0. The molecule has 0 spiro atoms. The Kier molecular flexibility index (Phi) is 3.71. The number of nitrogens with two attached hydrogens (primary N) is 1. The van der Waals surface area contributed by atoms with Crippen LogP contribution in [-0.2, 0) is 5.60 Å². The maximum atomic E-state index is 13.1. The van der Waals surface area contributed by atoms with E-state index in [-0.39, 0.29) is 12.5 Å². The number of benzene rings is 1. The number of hydrogen-bond donors (Lipinski definition) is 2. The fourth-order valence-electron chi connectivity index (χ4n) is 1.49. The Hall–Kier alpha value is -0.640. The Bertz CT molecular complexity index is 356. The Morgan fingerprint density at radius 1 is 1.53 bits per heavy atom. The van der Waals surface area contributed by atoms with Crippen LogP contribution in [0.5, 0.6) is 0 Å². The summed E-state index contributed by atoms with van der Waals surface area (Å²) in [6.45, 7) is 3.63. The van der Waals surface area contributed by atoms with Gasteiger partial charge in [-0.1, -0.05) is 25.4 Å². The molecule has 0 aliphatic carbocycles. The predicted molar refractivity (Wildman–Crippen MR) is 59.2 cm³/mol. The molecule has 0 heterocycles.